The van der Waals surface area contributed by atoms with Gasteiger partial charge in [0.05, 0.1) is 42.4 Å². The Morgan fingerprint density at radius 1 is 1.13 bits per heavy atom. The highest BCUT2D eigenvalue weighted by molar-refractivity contribution is 5.33. The number of hydrogen-bond acceptors (Lipinski definition) is 5. The minimum Gasteiger partial charge on any atom is -0.493 e. The predicted molar refractivity (Wildman–Crippen MR) is 103 cm³/mol. The molecule has 3 aromatic heterocycles. The zero-order chi connectivity index (χ0) is 22.3. The standard InChI is InChI=1S/C20H18F3N5O3/c1-12-16(13(2)31-25-12)10-27-9-15(7-24-27)28-18(29)11-26(19(28)30)8-14-5-3-4-6-17(14)20(21,22)23/h3-7,9,11,29H,8,10H2,1-2H3. The summed E-state index contributed by atoms with van der Waals surface area (Å²) in [7, 11) is 0. The lowest BCUT2D eigenvalue weighted by atomic mass is 10.1. The fourth-order valence-electron chi connectivity index (χ4n) is 3.40. The SMILES string of the molecule is Cc1noc(C)c1Cn1cc(-n2c(O)cn(Cc3ccccc3C(F)(F)F)c2=O)cn1. The number of aromatic nitrogens is 5. The van der Waals surface area contributed by atoms with Crippen molar-refractivity contribution in [3.8, 4) is 11.6 Å². The number of nitrogens with zero attached hydrogens (tertiary/aromatic N) is 5. The second-order valence-corrected chi connectivity index (χ2v) is 7.09. The van der Waals surface area contributed by atoms with Crippen molar-refractivity contribution in [2.45, 2.75) is 33.1 Å². The molecule has 31 heavy (non-hydrogen) atoms. The molecule has 0 aliphatic heterocycles. The van der Waals surface area contributed by atoms with Gasteiger partial charge >= 0.3 is 11.9 Å². The van der Waals surface area contributed by atoms with Crippen LogP contribution >= 0.6 is 0 Å². The van der Waals surface area contributed by atoms with Crippen LogP contribution in [0.4, 0.5) is 13.2 Å². The van der Waals surface area contributed by atoms with Gasteiger partial charge in [-0.15, -0.1) is 0 Å². The maximum atomic E-state index is 13.3. The number of benzene rings is 1. The first-order chi connectivity index (χ1) is 14.6. The Bertz CT molecular complexity index is 1280. The van der Waals surface area contributed by atoms with Crippen molar-refractivity contribution in [3.63, 3.8) is 0 Å². The number of rotatable bonds is 5. The second kappa shape index (κ2) is 7.49. The monoisotopic (exact) mass is 433 g/mol. The fourth-order valence-corrected chi connectivity index (χ4v) is 3.40. The largest absolute Gasteiger partial charge is 0.493 e. The number of imidazole rings is 1. The van der Waals surface area contributed by atoms with Crippen LogP contribution in [0.2, 0.25) is 0 Å². The van der Waals surface area contributed by atoms with Gasteiger partial charge in [-0.1, -0.05) is 23.4 Å². The first-order valence-electron chi connectivity index (χ1n) is 9.26. The quantitative estimate of drug-likeness (QED) is 0.522. The Balaban J connectivity index is 1.65. The third-order valence-corrected chi connectivity index (χ3v) is 4.98. The van der Waals surface area contributed by atoms with Crippen LogP contribution in [0, 0.1) is 13.8 Å². The Kier molecular flexibility index (Phi) is 4.96. The number of aromatic hydroxyl groups is 1. The van der Waals surface area contributed by atoms with E-state index in [0.29, 0.717) is 18.0 Å². The third kappa shape index (κ3) is 3.86. The van der Waals surface area contributed by atoms with Crippen molar-refractivity contribution >= 4 is 0 Å². The van der Waals surface area contributed by atoms with E-state index in [1.807, 2.05) is 0 Å². The van der Waals surface area contributed by atoms with Crippen molar-refractivity contribution < 1.29 is 22.8 Å². The van der Waals surface area contributed by atoms with Gasteiger partial charge in [0.25, 0.3) is 0 Å². The summed E-state index contributed by atoms with van der Waals surface area (Å²) in [5.41, 5.74) is 0.227. The van der Waals surface area contributed by atoms with E-state index in [4.69, 9.17) is 4.52 Å². The fraction of sp³-hybridized carbons (Fsp3) is 0.250. The molecule has 4 aromatic rings. The van der Waals surface area contributed by atoms with Gasteiger partial charge in [0.2, 0.25) is 5.88 Å². The molecule has 4 rings (SSSR count). The van der Waals surface area contributed by atoms with Crippen LogP contribution in [0.5, 0.6) is 5.88 Å². The molecule has 0 spiro atoms. The van der Waals surface area contributed by atoms with Gasteiger partial charge in [-0.2, -0.15) is 18.3 Å². The lowest BCUT2D eigenvalue weighted by molar-refractivity contribution is -0.138. The van der Waals surface area contributed by atoms with Gasteiger partial charge < -0.3 is 9.63 Å². The number of alkyl halides is 3. The molecule has 1 N–H and O–H groups in total. The van der Waals surface area contributed by atoms with E-state index in [2.05, 4.69) is 10.3 Å². The van der Waals surface area contributed by atoms with Crippen LogP contribution in [0.3, 0.4) is 0 Å². The Morgan fingerprint density at radius 2 is 1.87 bits per heavy atom. The lowest BCUT2D eigenvalue weighted by Gasteiger charge is -2.12. The second-order valence-electron chi connectivity index (χ2n) is 7.09. The van der Waals surface area contributed by atoms with Crippen molar-refractivity contribution in [3.05, 3.63) is 81.5 Å². The van der Waals surface area contributed by atoms with Crippen LogP contribution in [-0.2, 0) is 19.3 Å². The normalized spacial score (nSPS) is 11.9. The first kappa shape index (κ1) is 20.5. The van der Waals surface area contributed by atoms with E-state index in [0.717, 1.165) is 27.0 Å². The van der Waals surface area contributed by atoms with Crippen LogP contribution < -0.4 is 5.69 Å². The summed E-state index contributed by atoms with van der Waals surface area (Å²) >= 11 is 0. The van der Waals surface area contributed by atoms with Crippen molar-refractivity contribution in [1.82, 2.24) is 24.1 Å². The summed E-state index contributed by atoms with van der Waals surface area (Å²) in [5, 5.41) is 18.4. The Hall–Kier alpha value is -3.76. The van der Waals surface area contributed by atoms with Crippen molar-refractivity contribution in [1.29, 1.82) is 0 Å². The molecule has 1 aromatic carbocycles. The molecular formula is C20H18F3N5O3. The van der Waals surface area contributed by atoms with Crippen LogP contribution in [0.25, 0.3) is 5.69 Å². The van der Waals surface area contributed by atoms with E-state index in [9.17, 15) is 23.1 Å². The minimum atomic E-state index is -4.55. The third-order valence-electron chi connectivity index (χ3n) is 4.98. The number of hydrogen-bond donors (Lipinski definition) is 1. The zero-order valence-electron chi connectivity index (χ0n) is 16.6. The van der Waals surface area contributed by atoms with E-state index < -0.39 is 23.3 Å². The molecule has 0 unspecified atom stereocenters. The minimum absolute atomic E-state index is 0.0802. The maximum absolute atomic E-state index is 13.3. The first-order valence-corrected chi connectivity index (χ1v) is 9.26. The van der Waals surface area contributed by atoms with Crippen LogP contribution in [0.1, 0.15) is 28.1 Å². The van der Waals surface area contributed by atoms with Crippen molar-refractivity contribution in [2.75, 3.05) is 0 Å². The number of halogens is 3. The molecule has 162 valence electrons. The van der Waals surface area contributed by atoms with E-state index >= 15 is 0 Å². The topological polar surface area (TPSA) is 91.0 Å². The summed E-state index contributed by atoms with van der Waals surface area (Å²) in [6, 6.07) is 5.00. The molecule has 0 saturated carbocycles. The van der Waals surface area contributed by atoms with Gasteiger partial charge in [0.1, 0.15) is 5.76 Å². The van der Waals surface area contributed by atoms with E-state index in [-0.39, 0.29) is 17.8 Å². The molecule has 11 heteroatoms. The van der Waals surface area contributed by atoms with Gasteiger partial charge in [0.15, 0.2) is 0 Å². The van der Waals surface area contributed by atoms with E-state index in [1.54, 1.807) is 24.7 Å². The molecule has 8 nitrogen and oxygen atoms in total. The molecule has 0 fully saturated rings. The lowest BCUT2D eigenvalue weighted by Crippen LogP contribution is -2.24. The highest BCUT2D eigenvalue weighted by Crippen LogP contribution is 2.32. The van der Waals surface area contributed by atoms with E-state index in [1.165, 1.54) is 24.4 Å². The van der Waals surface area contributed by atoms with Gasteiger partial charge in [-0.3, -0.25) is 9.25 Å². The highest BCUT2D eigenvalue weighted by atomic mass is 19.4. The molecule has 0 bridgehead atoms. The van der Waals surface area contributed by atoms with Gasteiger partial charge in [0, 0.05) is 11.8 Å². The van der Waals surface area contributed by atoms with Gasteiger partial charge in [-0.05, 0) is 25.5 Å². The summed E-state index contributed by atoms with van der Waals surface area (Å²) in [5.74, 6) is 0.232. The summed E-state index contributed by atoms with van der Waals surface area (Å²) in [6.45, 7) is 3.57. The highest BCUT2D eigenvalue weighted by Gasteiger charge is 2.33. The Morgan fingerprint density at radius 3 is 2.55 bits per heavy atom. The Labute approximate surface area is 173 Å². The summed E-state index contributed by atoms with van der Waals surface area (Å²) < 4.78 is 48.4. The van der Waals surface area contributed by atoms with Crippen molar-refractivity contribution in [2.24, 2.45) is 0 Å². The average molecular weight is 433 g/mol. The predicted octanol–water partition coefficient (Wildman–Crippen LogP) is 3.26. The summed E-state index contributed by atoms with van der Waals surface area (Å²) in [4.78, 5) is 12.8. The molecule has 0 atom stereocenters. The molecule has 0 aliphatic carbocycles. The zero-order valence-corrected chi connectivity index (χ0v) is 16.6. The van der Waals surface area contributed by atoms with Crippen LogP contribution in [0.15, 0.2) is 52.2 Å². The smallest absolute Gasteiger partial charge is 0.416 e. The maximum Gasteiger partial charge on any atom is 0.416 e. The number of aryl methyl sites for hydroxylation is 2. The molecule has 0 amide bonds. The van der Waals surface area contributed by atoms with Crippen LogP contribution in [-0.4, -0.2) is 29.2 Å². The summed E-state index contributed by atoms with van der Waals surface area (Å²) in [6.07, 6.45) is -0.528. The average Bonchev–Trinajstić information content (AvgIpc) is 3.36. The molecular weight excluding hydrogens is 415 g/mol. The molecule has 0 radical (unpaired) electrons. The molecule has 0 aliphatic rings. The molecule has 3 heterocycles. The molecule has 0 saturated heterocycles. The van der Waals surface area contributed by atoms with Gasteiger partial charge in [-0.25, -0.2) is 9.36 Å².